The third-order valence-corrected chi connectivity index (χ3v) is 1.33. The van der Waals surface area contributed by atoms with Crippen molar-refractivity contribution in [3.05, 3.63) is 18.5 Å². The second-order valence-electron chi connectivity index (χ2n) is 2.14. The van der Waals surface area contributed by atoms with Crippen molar-refractivity contribution in [3.8, 4) is 5.75 Å². The summed E-state index contributed by atoms with van der Waals surface area (Å²) in [6.45, 7) is 2.94. The number of nitrogens with zero attached hydrogens (tertiary/aromatic N) is 1. The number of pyridine rings is 1. The fourth-order valence-electron chi connectivity index (χ4n) is 0.831. The molecular formula is C8H12N2O. The van der Waals surface area contributed by atoms with Gasteiger partial charge < -0.3 is 10.1 Å². The third kappa shape index (κ3) is 2.11. The lowest BCUT2D eigenvalue weighted by Gasteiger charge is -2.03. The highest BCUT2D eigenvalue weighted by Crippen LogP contribution is 2.13. The number of anilines is 1. The van der Waals surface area contributed by atoms with Gasteiger partial charge in [-0.15, -0.1) is 0 Å². The molecule has 0 aromatic carbocycles. The van der Waals surface area contributed by atoms with E-state index in [2.05, 4.69) is 10.3 Å². The van der Waals surface area contributed by atoms with Gasteiger partial charge in [0.15, 0.2) is 0 Å². The van der Waals surface area contributed by atoms with E-state index in [-0.39, 0.29) is 0 Å². The third-order valence-electron chi connectivity index (χ3n) is 1.33. The van der Waals surface area contributed by atoms with E-state index in [1.807, 2.05) is 13.0 Å². The average Bonchev–Trinajstić information content (AvgIpc) is 2.06. The molecule has 1 N–H and O–H groups in total. The first-order chi connectivity index (χ1) is 5.36. The molecule has 0 amide bonds. The van der Waals surface area contributed by atoms with E-state index >= 15 is 0 Å². The Morgan fingerprint density at radius 3 is 3.00 bits per heavy atom. The highest BCUT2D eigenvalue weighted by Gasteiger charge is 1.92. The predicted molar refractivity (Wildman–Crippen MR) is 45.0 cm³/mol. The number of rotatable bonds is 3. The molecule has 1 heterocycles. The van der Waals surface area contributed by atoms with E-state index in [0.717, 1.165) is 18.0 Å². The van der Waals surface area contributed by atoms with Gasteiger partial charge in [0, 0.05) is 12.6 Å². The summed E-state index contributed by atoms with van der Waals surface area (Å²) in [5.74, 6) is 0.781. The van der Waals surface area contributed by atoms with E-state index in [1.165, 1.54) is 0 Å². The van der Waals surface area contributed by atoms with Gasteiger partial charge in [-0.25, -0.2) is 0 Å². The van der Waals surface area contributed by atoms with E-state index in [9.17, 15) is 0 Å². The lowest BCUT2D eigenvalue weighted by Crippen LogP contribution is -1.97. The molecule has 0 saturated carbocycles. The molecule has 0 radical (unpaired) electrons. The molecule has 0 fully saturated rings. The van der Waals surface area contributed by atoms with Crippen LogP contribution in [0.5, 0.6) is 5.75 Å². The topological polar surface area (TPSA) is 34.2 Å². The summed E-state index contributed by atoms with van der Waals surface area (Å²) in [5, 5.41) is 3.14. The largest absolute Gasteiger partial charge is 0.495 e. The van der Waals surface area contributed by atoms with Crippen molar-refractivity contribution in [3.63, 3.8) is 0 Å². The molecule has 60 valence electrons. The normalized spacial score (nSPS) is 9.27. The zero-order valence-electron chi connectivity index (χ0n) is 6.79. The summed E-state index contributed by atoms with van der Waals surface area (Å²) in [4.78, 5) is 3.99. The van der Waals surface area contributed by atoms with E-state index < -0.39 is 0 Å². The Hall–Kier alpha value is -1.25. The minimum atomic E-state index is 0.781. The molecule has 0 bridgehead atoms. The van der Waals surface area contributed by atoms with Crippen molar-refractivity contribution in [1.82, 2.24) is 4.98 Å². The lowest BCUT2D eigenvalue weighted by molar-refractivity contribution is 0.413. The van der Waals surface area contributed by atoms with Gasteiger partial charge in [-0.1, -0.05) is 0 Å². The Labute approximate surface area is 66.4 Å². The minimum absolute atomic E-state index is 0.781. The van der Waals surface area contributed by atoms with Gasteiger partial charge >= 0.3 is 0 Å². The molecule has 3 heteroatoms. The molecule has 1 aromatic rings. The highest BCUT2D eigenvalue weighted by molar-refractivity contribution is 5.44. The van der Waals surface area contributed by atoms with Crippen molar-refractivity contribution in [2.45, 2.75) is 6.92 Å². The van der Waals surface area contributed by atoms with Crippen molar-refractivity contribution >= 4 is 5.69 Å². The Bertz CT molecular complexity index is 225. The molecule has 1 rings (SSSR count). The van der Waals surface area contributed by atoms with Crippen LogP contribution in [0.15, 0.2) is 18.5 Å². The molecule has 0 aliphatic carbocycles. The van der Waals surface area contributed by atoms with Crippen molar-refractivity contribution in [2.75, 3.05) is 19.0 Å². The molecule has 0 saturated heterocycles. The Kier molecular flexibility index (Phi) is 2.72. The number of methoxy groups -OCH3 is 1. The van der Waals surface area contributed by atoms with Crippen LogP contribution >= 0.6 is 0 Å². The summed E-state index contributed by atoms with van der Waals surface area (Å²) in [6.07, 6.45) is 3.45. The monoisotopic (exact) mass is 152 g/mol. The molecule has 0 spiro atoms. The van der Waals surface area contributed by atoms with Gasteiger partial charge in [-0.05, 0) is 6.92 Å². The van der Waals surface area contributed by atoms with Gasteiger partial charge in [0.1, 0.15) is 5.75 Å². The van der Waals surface area contributed by atoms with Crippen LogP contribution in [0, 0.1) is 0 Å². The maximum absolute atomic E-state index is 5.00. The van der Waals surface area contributed by atoms with Crippen molar-refractivity contribution in [1.29, 1.82) is 0 Å². The number of hydrogen-bond donors (Lipinski definition) is 1. The summed E-state index contributed by atoms with van der Waals surface area (Å²) in [6, 6.07) is 1.91. The van der Waals surface area contributed by atoms with E-state index in [4.69, 9.17) is 4.74 Å². The predicted octanol–water partition coefficient (Wildman–Crippen LogP) is 1.52. The molecule has 0 atom stereocenters. The van der Waals surface area contributed by atoms with Gasteiger partial charge in [-0.3, -0.25) is 4.98 Å². The summed E-state index contributed by atoms with van der Waals surface area (Å²) in [5.41, 5.74) is 0.992. The standard InChI is InChI=1S/C8H12N2O/c1-3-10-7-4-8(11-2)6-9-5-7/h4-6,10H,3H2,1-2H3. The molecular weight excluding hydrogens is 140 g/mol. The van der Waals surface area contributed by atoms with E-state index in [1.54, 1.807) is 19.5 Å². The van der Waals surface area contributed by atoms with Gasteiger partial charge in [0.25, 0.3) is 0 Å². The average molecular weight is 152 g/mol. The number of aromatic nitrogens is 1. The van der Waals surface area contributed by atoms with Crippen LogP contribution < -0.4 is 10.1 Å². The smallest absolute Gasteiger partial charge is 0.139 e. The fraction of sp³-hybridized carbons (Fsp3) is 0.375. The number of nitrogens with one attached hydrogen (secondary N) is 1. The zero-order chi connectivity index (χ0) is 8.10. The van der Waals surface area contributed by atoms with Crippen LogP contribution in [0.3, 0.4) is 0 Å². The molecule has 1 aromatic heterocycles. The SMILES string of the molecule is CCNc1cncc(OC)c1. The summed E-state index contributed by atoms with van der Waals surface area (Å²) in [7, 11) is 1.63. The number of ether oxygens (including phenoxy) is 1. The second-order valence-corrected chi connectivity index (χ2v) is 2.14. The van der Waals surface area contributed by atoms with Crippen molar-refractivity contribution < 1.29 is 4.74 Å². The van der Waals surface area contributed by atoms with E-state index in [0.29, 0.717) is 0 Å². The van der Waals surface area contributed by atoms with Crippen LogP contribution in [0.2, 0.25) is 0 Å². The highest BCUT2D eigenvalue weighted by atomic mass is 16.5. The first-order valence-corrected chi connectivity index (χ1v) is 3.59. The lowest BCUT2D eigenvalue weighted by atomic mass is 10.4. The van der Waals surface area contributed by atoms with Gasteiger partial charge in [0.05, 0.1) is 25.2 Å². The van der Waals surface area contributed by atoms with Crippen LogP contribution in [0.25, 0.3) is 0 Å². The maximum atomic E-state index is 5.00. The number of hydrogen-bond acceptors (Lipinski definition) is 3. The molecule has 11 heavy (non-hydrogen) atoms. The summed E-state index contributed by atoms with van der Waals surface area (Å²) < 4.78 is 5.00. The van der Waals surface area contributed by atoms with Crippen LogP contribution in [-0.2, 0) is 0 Å². The fourth-order valence-corrected chi connectivity index (χ4v) is 0.831. The van der Waals surface area contributed by atoms with Gasteiger partial charge in [-0.2, -0.15) is 0 Å². The molecule has 0 aliphatic heterocycles. The molecule has 0 aliphatic rings. The molecule has 3 nitrogen and oxygen atoms in total. The Morgan fingerprint density at radius 1 is 1.55 bits per heavy atom. The first-order valence-electron chi connectivity index (χ1n) is 3.59. The minimum Gasteiger partial charge on any atom is -0.495 e. The Balaban J connectivity index is 2.74. The van der Waals surface area contributed by atoms with Crippen LogP contribution in [0.1, 0.15) is 6.92 Å². The Morgan fingerprint density at radius 2 is 2.36 bits per heavy atom. The maximum Gasteiger partial charge on any atom is 0.139 e. The van der Waals surface area contributed by atoms with Gasteiger partial charge in [0.2, 0.25) is 0 Å². The van der Waals surface area contributed by atoms with Crippen molar-refractivity contribution in [2.24, 2.45) is 0 Å². The first kappa shape index (κ1) is 7.85. The zero-order valence-corrected chi connectivity index (χ0v) is 6.79. The van der Waals surface area contributed by atoms with Crippen LogP contribution in [0.4, 0.5) is 5.69 Å². The summed E-state index contributed by atoms with van der Waals surface area (Å²) >= 11 is 0. The molecule has 0 unspecified atom stereocenters. The second kappa shape index (κ2) is 3.81. The van der Waals surface area contributed by atoms with Crippen LogP contribution in [-0.4, -0.2) is 18.6 Å². The quantitative estimate of drug-likeness (QED) is 0.713.